The van der Waals surface area contributed by atoms with Crippen molar-refractivity contribution in [2.24, 2.45) is 4.99 Å². The molecular formula is C54H58N7O10P. The molecule has 0 saturated heterocycles. The minimum Gasteiger partial charge on any atom is -0.493 e. The molecule has 8 rings (SSSR count). The zero-order chi connectivity index (χ0) is 51.1. The summed E-state index contributed by atoms with van der Waals surface area (Å²) in [6.45, 7) is 3.57. The highest BCUT2D eigenvalue weighted by Gasteiger charge is 2.37. The van der Waals surface area contributed by atoms with E-state index < -0.39 is 23.9 Å². The van der Waals surface area contributed by atoms with Gasteiger partial charge in [-0.3, -0.25) is 33.9 Å². The van der Waals surface area contributed by atoms with Crippen LogP contribution in [0.1, 0.15) is 82.5 Å². The molecule has 0 aromatic heterocycles. The number of ether oxygens (including phenoxy) is 4. The summed E-state index contributed by atoms with van der Waals surface area (Å²) >= 11 is 0. The molecule has 5 amide bonds. The standard InChI is InChI=1S/C54H58N7O10P/c1-32(56-50(63)17-7-6-12-20-62)51(64)57-33(2)52(65)58-38-22-34(30-70-48-27-42-40(25-46(48)68-4)54(67)61-39(29-55-42)24-37-14-9-11-16-44(37)61)21-35(23-38)31-71-49-28-45(59(3)72)41(26-47(49)69-5)53(66)60-19-18-36-13-8-10-15-43(36)60/h8-11,13-16,20-23,25-29,32-33,39H,6-7,12,17-19,24,30-31,72H2,1-5H3,(H,56,63)(H,57,64)(H,58,65)/t32-,33?,39?/m0/s1. The van der Waals surface area contributed by atoms with E-state index in [9.17, 15) is 28.8 Å². The molecule has 3 unspecified atom stereocenters. The molecule has 0 radical (unpaired) electrons. The van der Waals surface area contributed by atoms with Gasteiger partial charge in [0.05, 0.1) is 42.8 Å². The summed E-state index contributed by atoms with van der Waals surface area (Å²) in [4.78, 5) is 86.3. The Kier molecular flexibility index (Phi) is 15.8. The van der Waals surface area contributed by atoms with E-state index in [1.807, 2.05) is 61.6 Å². The maximum Gasteiger partial charge on any atom is 0.261 e. The number of carbonyl (C=O) groups excluding carboxylic acids is 6. The molecule has 4 atom stereocenters. The van der Waals surface area contributed by atoms with Crippen LogP contribution in [-0.2, 0) is 45.2 Å². The molecule has 0 aliphatic carbocycles. The van der Waals surface area contributed by atoms with Gasteiger partial charge in [-0.05, 0) is 107 Å². The van der Waals surface area contributed by atoms with Crippen LogP contribution in [0.25, 0.3) is 0 Å². The molecule has 0 spiro atoms. The predicted octanol–water partition coefficient (Wildman–Crippen LogP) is 7.29. The highest BCUT2D eigenvalue weighted by Crippen LogP contribution is 2.42. The zero-order valence-corrected chi connectivity index (χ0v) is 42.0. The fraction of sp³-hybridized carbons (Fsp3) is 0.315. The topological polar surface area (TPSA) is 198 Å². The van der Waals surface area contributed by atoms with Crippen LogP contribution in [-0.4, -0.2) is 88.0 Å². The van der Waals surface area contributed by atoms with Crippen molar-refractivity contribution in [3.05, 3.63) is 124 Å². The Balaban J connectivity index is 1.03. The van der Waals surface area contributed by atoms with Gasteiger partial charge in [0.2, 0.25) is 17.7 Å². The maximum absolute atomic E-state index is 14.1. The second-order valence-corrected chi connectivity index (χ2v) is 18.7. The van der Waals surface area contributed by atoms with Crippen molar-refractivity contribution in [1.82, 2.24) is 10.6 Å². The molecule has 0 saturated carbocycles. The highest BCUT2D eigenvalue weighted by molar-refractivity contribution is 7.19. The number of nitrogens with zero attached hydrogens (tertiary/aromatic N) is 4. The third-order valence-corrected chi connectivity index (χ3v) is 13.0. The number of hydrogen-bond acceptors (Lipinski definition) is 12. The number of aldehydes is 1. The average molecular weight is 996 g/mol. The van der Waals surface area contributed by atoms with Crippen molar-refractivity contribution in [2.45, 2.75) is 83.7 Å². The van der Waals surface area contributed by atoms with Crippen molar-refractivity contribution in [3.63, 3.8) is 0 Å². The average Bonchev–Trinajstić information content (AvgIpc) is 3.95. The summed E-state index contributed by atoms with van der Waals surface area (Å²) in [5.74, 6) is -0.444. The number of fused-ring (bicyclic) bond motifs is 5. The molecule has 3 N–H and O–H groups in total. The van der Waals surface area contributed by atoms with Crippen molar-refractivity contribution >= 4 is 79.9 Å². The summed E-state index contributed by atoms with van der Waals surface area (Å²) in [5.41, 5.74) is 7.31. The summed E-state index contributed by atoms with van der Waals surface area (Å²) in [6, 6.07) is 25.5. The second-order valence-electron chi connectivity index (χ2n) is 17.9. The number of carbonyl (C=O) groups is 6. The molecule has 18 heteroatoms. The van der Waals surface area contributed by atoms with Crippen LogP contribution >= 0.6 is 9.39 Å². The third kappa shape index (κ3) is 11.2. The molecule has 5 aromatic rings. The van der Waals surface area contributed by atoms with E-state index in [2.05, 4.69) is 25.3 Å². The molecule has 72 heavy (non-hydrogen) atoms. The van der Waals surface area contributed by atoms with Crippen LogP contribution < -0.4 is 49.4 Å². The van der Waals surface area contributed by atoms with Gasteiger partial charge in [0.1, 0.15) is 31.6 Å². The van der Waals surface area contributed by atoms with Gasteiger partial charge in [0.15, 0.2) is 23.0 Å². The van der Waals surface area contributed by atoms with E-state index in [0.29, 0.717) is 94.5 Å². The lowest BCUT2D eigenvalue weighted by atomic mass is 10.1. The van der Waals surface area contributed by atoms with E-state index in [0.717, 1.165) is 35.2 Å². The normalized spacial score (nSPS) is 14.9. The number of benzene rings is 5. The number of methoxy groups -OCH3 is 2. The Labute approximate surface area is 420 Å². The Bertz CT molecular complexity index is 2940. The minimum atomic E-state index is -1.01. The van der Waals surface area contributed by atoms with Crippen LogP contribution in [0.3, 0.4) is 0 Å². The molecule has 3 aliphatic rings. The fourth-order valence-electron chi connectivity index (χ4n) is 9.04. The number of para-hydroxylation sites is 2. The van der Waals surface area contributed by atoms with Gasteiger partial charge >= 0.3 is 0 Å². The van der Waals surface area contributed by atoms with Gasteiger partial charge in [-0.2, -0.15) is 0 Å². The first kappa shape index (κ1) is 50.6. The number of amides is 5. The number of unbranched alkanes of at least 4 members (excludes halogenated alkanes) is 2. The SMILES string of the molecule is COc1cc2c(cc1OCc1cc(COc3cc(N(C)P)c(C(=O)N4CCc5ccccc54)cc3OC)cc(NC(=O)C(C)NC(=O)[C@H](C)NC(=O)CCCCC=O)c1)N=CC1Cc3ccccc3N1C2=O. The first-order chi connectivity index (χ1) is 34.8. The molecular weight excluding hydrogens is 938 g/mol. The van der Waals surface area contributed by atoms with Crippen molar-refractivity contribution in [3.8, 4) is 23.0 Å². The summed E-state index contributed by atoms with van der Waals surface area (Å²) < 4.78 is 26.2. The molecule has 3 heterocycles. The molecule has 0 bridgehead atoms. The Morgan fingerprint density at radius 1 is 0.806 bits per heavy atom. The van der Waals surface area contributed by atoms with E-state index in [4.69, 9.17) is 23.9 Å². The predicted molar refractivity (Wildman–Crippen MR) is 278 cm³/mol. The van der Waals surface area contributed by atoms with Gasteiger partial charge < -0.3 is 49.3 Å². The molecule has 3 aliphatic heterocycles. The second kappa shape index (κ2) is 22.5. The number of hydrogen-bond donors (Lipinski definition) is 3. The first-order valence-corrected chi connectivity index (χ1v) is 24.3. The van der Waals surface area contributed by atoms with Crippen molar-refractivity contribution in [2.75, 3.05) is 47.6 Å². The van der Waals surface area contributed by atoms with Crippen LogP contribution in [0.5, 0.6) is 23.0 Å². The summed E-state index contributed by atoms with van der Waals surface area (Å²) in [5, 5.41) is 8.21. The number of anilines is 4. The molecule has 17 nitrogen and oxygen atoms in total. The third-order valence-electron chi connectivity index (χ3n) is 12.8. The van der Waals surface area contributed by atoms with Gasteiger partial charge in [0.25, 0.3) is 11.8 Å². The van der Waals surface area contributed by atoms with E-state index >= 15 is 0 Å². The summed E-state index contributed by atoms with van der Waals surface area (Å²) in [7, 11) is 7.41. The van der Waals surface area contributed by atoms with Gasteiger partial charge in [-0.1, -0.05) is 36.4 Å². The minimum absolute atomic E-state index is 0.0156. The number of aliphatic imine (C=N–C) groups is 1. The van der Waals surface area contributed by atoms with Crippen molar-refractivity contribution in [1.29, 1.82) is 0 Å². The fourth-order valence-corrected chi connectivity index (χ4v) is 9.25. The highest BCUT2D eigenvalue weighted by atomic mass is 31.0. The van der Waals surface area contributed by atoms with Gasteiger partial charge in [-0.25, -0.2) is 0 Å². The van der Waals surface area contributed by atoms with Crippen LogP contribution in [0.4, 0.5) is 28.4 Å². The van der Waals surface area contributed by atoms with Crippen LogP contribution in [0.15, 0.2) is 96.0 Å². The maximum atomic E-state index is 14.1. The largest absolute Gasteiger partial charge is 0.493 e. The lowest BCUT2D eigenvalue weighted by Gasteiger charge is -2.24. The zero-order valence-electron chi connectivity index (χ0n) is 40.9. The van der Waals surface area contributed by atoms with Crippen molar-refractivity contribution < 1.29 is 47.7 Å². The molecule has 0 fully saturated rings. The molecule has 374 valence electrons. The Hall–Kier alpha value is -7.78. The monoisotopic (exact) mass is 995 g/mol. The van der Waals surface area contributed by atoms with Gasteiger partial charge in [-0.15, -0.1) is 0 Å². The van der Waals surface area contributed by atoms with Gasteiger partial charge in [0, 0.05) is 68.3 Å². The van der Waals surface area contributed by atoms with E-state index in [-0.39, 0.29) is 43.4 Å². The van der Waals surface area contributed by atoms with E-state index in [1.165, 1.54) is 28.1 Å². The lowest BCUT2D eigenvalue weighted by Crippen LogP contribution is -2.50. The first-order valence-electron chi connectivity index (χ1n) is 23.8. The molecule has 5 aromatic carbocycles. The quantitative estimate of drug-likeness (QED) is 0.0403. The Morgan fingerprint density at radius 3 is 2.15 bits per heavy atom. The number of rotatable bonds is 20. The lowest BCUT2D eigenvalue weighted by molar-refractivity contribution is -0.130. The van der Waals surface area contributed by atoms with Crippen LogP contribution in [0, 0.1) is 0 Å². The Morgan fingerprint density at radius 2 is 1.46 bits per heavy atom. The smallest absolute Gasteiger partial charge is 0.261 e. The summed E-state index contributed by atoms with van der Waals surface area (Å²) in [6.07, 6.45) is 5.58. The van der Waals surface area contributed by atoms with E-state index in [1.54, 1.807) is 57.1 Å². The van der Waals surface area contributed by atoms with Crippen LogP contribution in [0.2, 0.25) is 0 Å². The number of nitrogens with one attached hydrogen (secondary N) is 3.